The van der Waals surface area contributed by atoms with E-state index in [0.29, 0.717) is 24.8 Å². The number of aliphatic imine (C=N–C) groups is 1. The number of phenols is 1. The molecule has 0 amide bonds. The number of guanidine groups is 1. The zero-order valence-corrected chi connectivity index (χ0v) is 16.7. The van der Waals surface area contributed by atoms with Gasteiger partial charge < -0.3 is 25.2 Å². The maximum atomic E-state index is 9.94. The van der Waals surface area contributed by atoms with Gasteiger partial charge in [0.2, 0.25) is 0 Å². The van der Waals surface area contributed by atoms with Crippen LogP contribution in [0.2, 0.25) is 0 Å². The van der Waals surface area contributed by atoms with E-state index in [1.54, 1.807) is 32.4 Å². The number of para-hydroxylation sites is 1. The molecule has 0 aromatic heterocycles. The van der Waals surface area contributed by atoms with Crippen LogP contribution in [0, 0.1) is 0 Å². The normalized spacial score (nSPS) is 12.4. The van der Waals surface area contributed by atoms with E-state index in [1.165, 1.54) is 0 Å². The first-order valence-electron chi connectivity index (χ1n) is 8.25. The van der Waals surface area contributed by atoms with Crippen molar-refractivity contribution in [1.82, 2.24) is 10.6 Å². The summed E-state index contributed by atoms with van der Waals surface area (Å²) in [5.74, 6) is 2.32. The molecule has 0 saturated heterocycles. The Morgan fingerprint density at radius 3 is 2.69 bits per heavy atom. The van der Waals surface area contributed by atoms with E-state index in [4.69, 9.17) is 9.47 Å². The second kappa shape index (κ2) is 9.91. The van der Waals surface area contributed by atoms with Crippen LogP contribution < -0.4 is 20.1 Å². The number of nitrogens with one attached hydrogen (secondary N) is 2. The van der Waals surface area contributed by atoms with E-state index in [1.807, 2.05) is 31.2 Å². The second-order valence-electron chi connectivity index (χ2n) is 5.66. The molecule has 1 atom stereocenters. The van der Waals surface area contributed by atoms with Gasteiger partial charge >= 0.3 is 0 Å². The molecule has 0 aliphatic heterocycles. The number of ether oxygens (including phenoxy) is 2. The van der Waals surface area contributed by atoms with Crippen LogP contribution in [-0.4, -0.2) is 37.9 Å². The number of halogens is 1. The number of benzene rings is 2. The summed E-state index contributed by atoms with van der Waals surface area (Å²) in [6, 6.07) is 12.8. The van der Waals surface area contributed by atoms with Crippen LogP contribution in [-0.2, 0) is 6.54 Å². The first kappa shape index (κ1) is 19.9. The zero-order chi connectivity index (χ0) is 18.9. The maximum Gasteiger partial charge on any atom is 0.191 e. The molecule has 2 rings (SSSR count). The molecule has 0 fully saturated rings. The van der Waals surface area contributed by atoms with Crippen LogP contribution in [0.5, 0.6) is 17.2 Å². The Morgan fingerprint density at radius 1 is 1.23 bits per heavy atom. The lowest BCUT2D eigenvalue weighted by Gasteiger charge is -2.18. The number of hydrogen-bond acceptors (Lipinski definition) is 4. The summed E-state index contributed by atoms with van der Waals surface area (Å²) in [5.41, 5.74) is 0.727. The van der Waals surface area contributed by atoms with Gasteiger partial charge in [0, 0.05) is 19.2 Å². The monoisotopic (exact) mass is 421 g/mol. The third-order valence-electron chi connectivity index (χ3n) is 3.68. The smallest absolute Gasteiger partial charge is 0.191 e. The van der Waals surface area contributed by atoms with E-state index in [2.05, 4.69) is 31.6 Å². The molecular weight excluding hydrogens is 398 g/mol. The molecular formula is C19H24BrN3O3. The quantitative estimate of drug-likeness (QED) is 0.472. The van der Waals surface area contributed by atoms with E-state index in [0.717, 1.165) is 15.8 Å². The number of nitrogens with zero attached hydrogens (tertiary/aromatic N) is 1. The average Bonchev–Trinajstić information content (AvgIpc) is 2.65. The Balaban J connectivity index is 1.85. The van der Waals surface area contributed by atoms with Gasteiger partial charge in [-0.15, -0.1) is 0 Å². The summed E-state index contributed by atoms with van der Waals surface area (Å²) >= 11 is 3.47. The van der Waals surface area contributed by atoms with Gasteiger partial charge in [-0.1, -0.05) is 12.1 Å². The van der Waals surface area contributed by atoms with Crippen LogP contribution in [0.4, 0.5) is 0 Å². The predicted molar refractivity (Wildman–Crippen MR) is 107 cm³/mol. The molecule has 0 bridgehead atoms. The molecule has 0 heterocycles. The van der Waals surface area contributed by atoms with Crippen molar-refractivity contribution in [3.8, 4) is 17.2 Å². The molecule has 140 valence electrons. The van der Waals surface area contributed by atoms with Gasteiger partial charge in [-0.25, -0.2) is 0 Å². The van der Waals surface area contributed by atoms with Gasteiger partial charge in [-0.05, 0) is 53.2 Å². The average molecular weight is 422 g/mol. The van der Waals surface area contributed by atoms with Gasteiger partial charge in [-0.2, -0.15) is 0 Å². The maximum absolute atomic E-state index is 9.94. The van der Waals surface area contributed by atoms with E-state index in [-0.39, 0.29) is 11.9 Å². The fraction of sp³-hybridized carbons (Fsp3) is 0.316. The summed E-state index contributed by atoms with van der Waals surface area (Å²) in [6.07, 6.45) is -0.0579. The van der Waals surface area contributed by atoms with Gasteiger partial charge in [0.25, 0.3) is 0 Å². The van der Waals surface area contributed by atoms with Gasteiger partial charge in [-0.3, -0.25) is 4.99 Å². The highest BCUT2D eigenvalue weighted by Gasteiger charge is 2.09. The van der Waals surface area contributed by atoms with Crippen molar-refractivity contribution in [1.29, 1.82) is 0 Å². The van der Waals surface area contributed by atoms with Crippen molar-refractivity contribution in [2.24, 2.45) is 4.99 Å². The summed E-state index contributed by atoms with van der Waals surface area (Å²) in [7, 11) is 3.29. The fourth-order valence-electron chi connectivity index (χ4n) is 2.27. The summed E-state index contributed by atoms with van der Waals surface area (Å²) < 4.78 is 12.0. The van der Waals surface area contributed by atoms with Gasteiger partial charge in [0.05, 0.1) is 18.1 Å². The van der Waals surface area contributed by atoms with Crippen molar-refractivity contribution in [2.45, 2.75) is 19.6 Å². The molecule has 0 aliphatic rings. The van der Waals surface area contributed by atoms with E-state index < -0.39 is 0 Å². The molecule has 6 nitrogen and oxygen atoms in total. The lowest BCUT2D eigenvalue weighted by molar-refractivity contribution is 0.222. The SMILES string of the molecule is CN=C(NCc1cc(OC)ccc1O)NCC(C)Oc1ccccc1Br. The zero-order valence-electron chi connectivity index (χ0n) is 15.1. The van der Waals surface area contributed by atoms with Crippen molar-refractivity contribution in [3.63, 3.8) is 0 Å². The van der Waals surface area contributed by atoms with Crippen molar-refractivity contribution >= 4 is 21.9 Å². The number of methoxy groups -OCH3 is 1. The Labute approximate surface area is 162 Å². The minimum absolute atomic E-state index is 0.0579. The highest BCUT2D eigenvalue weighted by Crippen LogP contribution is 2.25. The molecule has 3 N–H and O–H groups in total. The Morgan fingerprint density at radius 2 is 2.00 bits per heavy atom. The van der Waals surface area contributed by atoms with E-state index >= 15 is 0 Å². The second-order valence-corrected chi connectivity index (χ2v) is 6.51. The van der Waals surface area contributed by atoms with Crippen molar-refractivity contribution in [3.05, 3.63) is 52.5 Å². The third-order valence-corrected chi connectivity index (χ3v) is 4.33. The van der Waals surface area contributed by atoms with Crippen LogP contribution >= 0.6 is 15.9 Å². The Bertz CT molecular complexity index is 753. The molecule has 26 heavy (non-hydrogen) atoms. The van der Waals surface area contributed by atoms with Crippen LogP contribution in [0.1, 0.15) is 12.5 Å². The molecule has 0 aliphatic carbocycles. The Kier molecular flexibility index (Phi) is 7.59. The van der Waals surface area contributed by atoms with Crippen LogP contribution in [0.3, 0.4) is 0 Å². The van der Waals surface area contributed by atoms with Gasteiger partial charge in [0.1, 0.15) is 23.4 Å². The third kappa shape index (κ3) is 5.84. The minimum Gasteiger partial charge on any atom is -0.508 e. The molecule has 0 radical (unpaired) electrons. The van der Waals surface area contributed by atoms with E-state index in [9.17, 15) is 5.11 Å². The summed E-state index contributed by atoms with van der Waals surface area (Å²) in [5, 5.41) is 16.3. The largest absolute Gasteiger partial charge is 0.508 e. The standard InChI is InChI=1S/C19H24BrN3O3/c1-13(26-18-7-5-4-6-16(18)20)11-22-19(21-2)23-12-14-10-15(25-3)8-9-17(14)24/h4-10,13,24H,11-12H2,1-3H3,(H2,21,22,23). The number of aromatic hydroxyl groups is 1. The van der Waals surface area contributed by atoms with Crippen molar-refractivity contribution < 1.29 is 14.6 Å². The van der Waals surface area contributed by atoms with Gasteiger partial charge in [0.15, 0.2) is 5.96 Å². The fourth-order valence-corrected chi connectivity index (χ4v) is 2.65. The molecule has 2 aromatic rings. The lowest BCUT2D eigenvalue weighted by atomic mass is 10.2. The molecule has 2 aromatic carbocycles. The van der Waals surface area contributed by atoms with Crippen LogP contribution in [0.25, 0.3) is 0 Å². The number of phenolic OH excluding ortho intramolecular Hbond substituents is 1. The summed E-state index contributed by atoms with van der Waals surface area (Å²) in [6.45, 7) is 2.97. The lowest BCUT2D eigenvalue weighted by Crippen LogP contribution is -2.41. The minimum atomic E-state index is -0.0579. The predicted octanol–water partition coefficient (Wildman–Crippen LogP) is 3.30. The van der Waals surface area contributed by atoms with Crippen molar-refractivity contribution in [2.75, 3.05) is 20.7 Å². The Hall–Kier alpha value is -2.41. The molecule has 0 spiro atoms. The topological polar surface area (TPSA) is 75.1 Å². The molecule has 7 heteroatoms. The first-order valence-corrected chi connectivity index (χ1v) is 9.04. The summed E-state index contributed by atoms with van der Waals surface area (Å²) in [4.78, 5) is 4.19. The number of rotatable bonds is 7. The highest BCUT2D eigenvalue weighted by atomic mass is 79.9. The highest BCUT2D eigenvalue weighted by molar-refractivity contribution is 9.10. The number of hydrogen-bond donors (Lipinski definition) is 3. The first-order chi connectivity index (χ1) is 12.5. The molecule has 0 saturated carbocycles. The molecule has 1 unspecified atom stereocenters. The van der Waals surface area contributed by atoms with Crippen LogP contribution in [0.15, 0.2) is 51.9 Å².